The predicted molar refractivity (Wildman–Crippen MR) is 41.7 cm³/mol. The average Bonchev–Trinajstić information content (AvgIpc) is 1.97. The first-order chi connectivity index (χ1) is 5.16. The van der Waals surface area contributed by atoms with E-state index in [-0.39, 0.29) is 12.5 Å². The van der Waals surface area contributed by atoms with Crippen LogP contribution in [0.4, 0.5) is 0 Å². The van der Waals surface area contributed by atoms with Gasteiger partial charge in [0.2, 0.25) is 0 Å². The minimum Gasteiger partial charge on any atom is -0.550 e. The Labute approximate surface area is 67.6 Å². The number of carboxylic acid groups (broad SMARTS) is 1. The lowest BCUT2D eigenvalue weighted by molar-refractivity contribution is -0.305. The summed E-state index contributed by atoms with van der Waals surface area (Å²) in [5.41, 5.74) is 5.63. The fourth-order valence-corrected chi connectivity index (χ4v) is 0.880. The molecule has 0 bridgehead atoms. The summed E-state index contributed by atoms with van der Waals surface area (Å²) in [6, 6.07) is 0.233. The van der Waals surface area contributed by atoms with Gasteiger partial charge in [0.05, 0.1) is 0 Å². The second kappa shape index (κ2) is 6.16. The van der Waals surface area contributed by atoms with Gasteiger partial charge in [-0.3, -0.25) is 0 Å². The van der Waals surface area contributed by atoms with Gasteiger partial charge in [-0.05, 0) is 25.7 Å². The number of nitrogens with two attached hydrogens (primary N) is 1. The highest BCUT2D eigenvalue weighted by Crippen LogP contribution is 2.03. The normalized spacial score (nSPS) is 12.9. The van der Waals surface area contributed by atoms with Crippen LogP contribution in [-0.4, -0.2) is 12.0 Å². The van der Waals surface area contributed by atoms with Crippen molar-refractivity contribution in [3.05, 3.63) is 0 Å². The van der Waals surface area contributed by atoms with Gasteiger partial charge in [-0.15, -0.1) is 0 Å². The molecule has 3 heteroatoms. The van der Waals surface area contributed by atoms with Crippen molar-refractivity contribution in [1.82, 2.24) is 0 Å². The molecule has 11 heavy (non-hydrogen) atoms. The first-order valence-electron chi connectivity index (χ1n) is 4.12. The summed E-state index contributed by atoms with van der Waals surface area (Å²) < 4.78 is 0. The van der Waals surface area contributed by atoms with Crippen molar-refractivity contribution < 1.29 is 9.90 Å². The number of unbranched alkanes of at least 4 members (excludes halogenated alkanes) is 1. The minimum atomic E-state index is -0.963. The van der Waals surface area contributed by atoms with E-state index in [2.05, 4.69) is 0 Å². The quantitative estimate of drug-likeness (QED) is 0.555. The Balaban J connectivity index is 3.08. The molecule has 1 atom stereocenters. The standard InChI is InChI=1S/C8H17NO2/c1-2-7(9)5-3-4-6-8(10)11/h7H,2-6,9H2,1H3,(H,10,11)/p-1. The van der Waals surface area contributed by atoms with Crippen molar-refractivity contribution >= 4 is 5.97 Å². The fraction of sp³-hybridized carbons (Fsp3) is 0.875. The number of hydrogen-bond acceptors (Lipinski definition) is 3. The Morgan fingerprint density at radius 1 is 1.55 bits per heavy atom. The van der Waals surface area contributed by atoms with Crippen molar-refractivity contribution in [2.45, 2.75) is 45.1 Å². The van der Waals surface area contributed by atoms with Crippen molar-refractivity contribution in [1.29, 1.82) is 0 Å². The molecule has 0 heterocycles. The van der Waals surface area contributed by atoms with Crippen LogP contribution in [0.3, 0.4) is 0 Å². The fourth-order valence-electron chi connectivity index (χ4n) is 0.880. The lowest BCUT2D eigenvalue weighted by atomic mass is 10.1. The molecule has 0 aliphatic carbocycles. The molecule has 3 nitrogen and oxygen atoms in total. The number of carboxylic acids is 1. The molecular weight excluding hydrogens is 142 g/mol. The van der Waals surface area contributed by atoms with E-state index in [0.717, 1.165) is 19.3 Å². The van der Waals surface area contributed by atoms with Gasteiger partial charge in [-0.2, -0.15) is 0 Å². The molecule has 1 unspecified atom stereocenters. The van der Waals surface area contributed by atoms with Gasteiger partial charge < -0.3 is 15.6 Å². The molecule has 0 spiro atoms. The highest BCUT2D eigenvalue weighted by Gasteiger charge is 1.97. The first kappa shape index (κ1) is 10.4. The SMILES string of the molecule is CCC(N)CCCCC(=O)[O-]. The number of rotatable bonds is 6. The third kappa shape index (κ3) is 7.33. The van der Waals surface area contributed by atoms with Crippen molar-refractivity contribution in [3.63, 3.8) is 0 Å². The molecule has 0 fully saturated rings. The van der Waals surface area contributed by atoms with E-state index in [9.17, 15) is 9.90 Å². The average molecular weight is 158 g/mol. The van der Waals surface area contributed by atoms with Crippen LogP contribution in [0.15, 0.2) is 0 Å². The molecule has 0 aromatic carbocycles. The Bertz CT molecular complexity index is 115. The number of hydrogen-bond donors (Lipinski definition) is 1. The molecule has 0 aliphatic heterocycles. The van der Waals surface area contributed by atoms with Crippen LogP contribution in [0.1, 0.15) is 39.0 Å². The molecule has 0 saturated heterocycles. The maximum absolute atomic E-state index is 9.97. The summed E-state index contributed by atoms with van der Waals surface area (Å²) in [5.74, 6) is -0.963. The number of aliphatic carboxylic acids is 1. The summed E-state index contributed by atoms with van der Waals surface area (Å²) >= 11 is 0. The van der Waals surface area contributed by atoms with E-state index >= 15 is 0 Å². The number of carbonyl (C=O) groups is 1. The summed E-state index contributed by atoms with van der Waals surface area (Å²) in [7, 11) is 0. The Morgan fingerprint density at radius 2 is 2.18 bits per heavy atom. The summed E-state index contributed by atoms with van der Waals surface area (Å²) in [4.78, 5) is 9.97. The zero-order chi connectivity index (χ0) is 8.69. The van der Waals surface area contributed by atoms with Crippen molar-refractivity contribution in [2.75, 3.05) is 0 Å². The van der Waals surface area contributed by atoms with Gasteiger partial charge in [-0.25, -0.2) is 0 Å². The zero-order valence-electron chi connectivity index (χ0n) is 7.01. The third-order valence-corrected chi connectivity index (χ3v) is 1.73. The topological polar surface area (TPSA) is 66.2 Å². The summed E-state index contributed by atoms with van der Waals surface area (Å²) in [6.45, 7) is 2.03. The highest BCUT2D eigenvalue weighted by atomic mass is 16.4. The smallest absolute Gasteiger partial charge is 0.0414 e. The van der Waals surface area contributed by atoms with Crippen LogP contribution >= 0.6 is 0 Å². The highest BCUT2D eigenvalue weighted by molar-refractivity contribution is 5.63. The molecular formula is C8H16NO2-. The number of carbonyl (C=O) groups excluding carboxylic acids is 1. The second-order valence-electron chi connectivity index (χ2n) is 2.79. The van der Waals surface area contributed by atoms with Crippen LogP contribution in [0.2, 0.25) is 0 Å². The van der Waals surface area contributed by atoms with Crippen LogP contribution in [0.25, 0.3) is 0 Å². The first-order valence-corrected chi connectivity index (χ1v) is 4.12. The summed E-state index contributed by atoms with van der Waals surface area (Å²) in [6.07, 6.45) is 3.63. The van der Waals surface area contributed by atoms with Gasteiger partial charge in [0, 0.05) is 12.0 Å². The Hall–Kier alpha value is -0.570. The molecule has 66 valence electrons. The second-order valence-corrected chi connectivity index (χ2v) is 2.79. The van der Waals surface area contributed by atoms with Crippen LogP contribution in [0, 0.1) is 0 Å². The van der Waals surface area contributed by atoms with E-state index in [1.165, 1.54) is 0 Å². The van der Waals surface area contributed by atoms with Crippen LogP contribution in [0.5, 0.6) is 0 Å². The van der Waals surface area contributed by atoms with Gasteiger partial charge in [0.15, 0.2) is 0 Å². The lowest BCUT2D eigenvalue weighted by Gasteiger charge is -2.07. The van der Waals surface area contributed by atoms with Crippen LogP contribution in [-0.2, 0) is 4.79 Å². The summed E-state index contributed by atoms with van der Waals surface area (Å²) in [5, 5.41) is 9.97. The Morgan fingerprint density at radius 3 is 2.64 bits per heavy atom. The maximum Gasteiger partial charge on any atom is 0.0414 e. The zero-order valence-corrected chi connectivity index (χ0v) is 7.01. The largest absolute Gasteiger partial charge is 0.550 e. The van der Waals surface area contributed by atoms with Gasteiger partial charge in [0.1, 0.15) is 0 Å². The van der Waals surface area contributed by atoms with E-state index < -0.39 is 5.97 Å². The van der Waals surface area contributed by atoms with E-state index in [1.54, 1.807) is 0 Å². The van der Waals surface area contributed by atoms with Crippen LogP contribution < -0.4 is 10.8 Å². The molecule has 0 aromatic heterocycles. The van der Waals surface area contributed by atoms with E-state index in [4.69, 9.17) is 5.73 Å². The van der Waals surface area contributed by atoms with Gasteiger partial charge in [0.25, 0.3) is 0 Å². The molecule has 2 N–H and O–H groups in total. The molecule has 0 aromatic rings. The van der Waals surface area contributed by atoms with Gasteiger partial charge >= 0.3 is 0 Å². The molecule has 0 radical (unpaired) electrons. The molecule has 0 rings (SSSR count). The lowest BCUT2D eigenvalue weighted by Crippen LogP contribution is -2.22. The van der Waals surface area contributed by atoms with Crippen molar-refractivity contribution in [3.8, 4) is 0 Å². The van der Waals surface area contributed by atoms with E-state index in [1.807, 2.05) is 6.92 Å². The maximum atomic E-state index is 9.97. The minimum absolute atomic E-state index is 0.163. The third-order valence-electron chi connectivity index (χ3n) is 1.73. The predicted octanol–water partition coefficient (Wildman–Crippen LogP) is 0.0340. The molecule has 0 aliphatic rings. The molecule has 0 amide bonds. The van der Waals surface area contributed by atoms with E-state index in [0.29, 0.717) is 6.42 Å². The monoisotopic (exact) mass is 158 g/mol. The molecule has 0 saturated carbocycles. The Kier molecular flexibility index (Phi) is 5.84. The van der Waals surface area contributed by atoms with Crippen molar-refractivity contribution in [2.24, 2.45) is 5.73 Å². The van der Waals surface area contributed by atoms with Gasteiger partial charge in [-0.1, -0.05) is 13.3 Å².